The highest BCUT2D eigenvalue weighted by atomic mass is 16.5. The number of piperidine rings is 1. The third-order valence-electron chi connectivity index (χ3n) is 5.25. The van der Waals surface area contributed by atoms with Gasteiger partial charge in [-0.1, -0.05) is 0 Å². The highest BCUT2D eigenvalue weighted by Crippen LogP contribution is 2.30. The number of fused-ring (bicyclic) bond motifs is 1. The molecule has 29 heavy (non-hydrogen) atoms. The lowest BCUT2D eigenvalue weighted by atomic mass is 9.96. The van der Waals surface area contributed by atoms with Crippen molar-refractivity contribution >= 4 is 23.1 Å². The Labute approximate surface area is 168 Å². The van der Waals surface area contributed by atoms with Gasteiger partial charge in [0.25, 0.3) is 0 Å². The zero-order chi connectivity index (χ0) is 20.4. The maximum absolute atomic E-state index is 12.7. The number of nitrogens with zero attached hydrogens (tertiary/aromatic N) is 5. The summed E-state index contributed by atoms with van der Waals surface area (Å²) in [5.74, 6) is 2.83. The van der Waals surface area contributed by atoms with Crippen molar-refractivity contribution in [2.24, 2.45) is 5.92 Å². The Kier molecular flexibility index (Phi) is 5.20. The van der Waals surface area contributed by atoms with Crippen LogP contribution in [0.3, 0.4) is 0 Å². The van der Waals surface area contributed by atoms with E-state index in [9.17, 15) is 4.79 Å². The number of anilines is 2. The number of benzene rings is 1. The van der Waals surface area contributed by atoms with Crippen LogP contribution in [0.4, 0.5) is 11.5 Å². The largest absolute Gasteiger partial charge is 0.493 e. The second-order valence-electron chi connectivity index (χ2n) is 7.03. The second-order valence-corrected chi connectivity index (χ2v) is 7.03. The van der Waals surface area contributed by atoms with Gasteiger partial charge in [-0.15, -0.1) is 15.3 Å². The minimum Gasteiger partial charge on any atom is -0.493 e. The lowest BCUT2D eigenvalue weighted by Crippen LogP contribution is -2.38. The number of hydrogen-bond acceptors (Lipinski definition) is 7. The van der Waals surface area contributed by atoms with Crippen LogP contribution in [-0.4, -0.2) is 53.0 Å². The highest BCUT2D eigenvalue weighted by Gasteiger charge is 2.26. The Morgan fingerprint density at radius 2 is 1.83 bits per heavy atom. The van der Waals surface area contributed by atoms with E-state index in [2.05, 4.69) is 25.5 Å². The standard InChI is InChI=1S/C20H24N6O3/c1-13-22-23-18-6-7-19(24-26(13)18)25-10-8-14(9-11-25)20(27)21-15-4-5-16(28-2)17(12-15)29-3/h4-7,12,14H,8-11H2,1-3H3,(H,21,27). The van der Waals surface area contributed by atoms with Gasteiger partial charge in [0.2, 0.25) is 5.91 Å². The summed E-state index contributed by atoms with van der Waals surface area (Å²) in [6.07, 6.45) is 1.53. The number of nitrogens with one attached hydrogen (secondary N) is 1. The van der Waals surface area contributed by atoms with E-state index in [1.165, 1.54) is 0 Å². The second kappa shape index (κ2) is 7.94. The first-order valence-corrected chi connectivity index (χ1v) is 9.56. The summed E-state index contributed by atoms with van der Waals surface area (Å²) >= 11 is 0. The molecule has 1 aromatic carbocycles. The number of carbonyl (C=O) groups excluding carboxylic acids is 1. The predicted octanol–water partition coefficient (Wildman–Crippen LogP) is 2.31. The van der Waals surface area contributed by atoms with Crippen LogP contribution in [0.5, 0.6) is 11.5 Å². The molecule has 1 aliphatic rings. The molecule has 0 unspecified atom stereocenters. The van der Waals surface area contributed by atoms with Crippen LogP contribution in [-0.2, 0) is 4.79 Å². The lowest BCUT2D eigenvalue weighted by molar-refractivity contribution is -0.120. The van der Waals surface area contributed by atoms with Gasteiger partial charge in [0.1, 0.15) is 5.82 Å². The summed E-state index contributed by atoms with van der Waals surface area (Å²) in [5.41, 5.74) is 1.43. The molecule has 4 rings (SSSR count). The van der Waals surface area contributed by atoms with Crippen molar-refractivity contribution < 1.29 is 14.3 Å². The molecule has 152 valence electrons. The molecule has 2 aromatic heterocycles. The zero-order valence-corrected chi connectivity index (χ0v) is 16.8. The molecule has 1 N–H and O–H groups in total. The van der Waals surface area contributed by atoms with Crippen molar-refractivity contribution in [1.29, 1.82) is 0 Å². The van der Waals surface area contributed by atoms with Gasteiger partial charge in [0, 0.05) is 30.8 Å². The summed E-state index contributed by atoms with van der Waals surface area (Å²) in [4.78, 5) is 14.9. The predicted molar refractivity (Wildman–Crippen MR) is 109 cm³/mol. The van der Waals surface area contributed by atoms with E-state index in [0.717, 1.165) is 43.2 Å². The first-order chi connectivity index (χ1) is 14.1. The van der Waals surface area contributed by atoms with Crippen LogP contribution in [0.2, 0.25) is 0 Å². The molecule has 0 atom stereocenters. The van der Waals surface area contributed by atoms with Gasteiger partial charge in [0.15, 0.2) is 23.0 Å². The van der Waals surface area contributed by atoms with Gasteiger partial charge in [-0.05, 0) is 44.0 Å². The van der Waals surface area contributed by atoms with Crippen LogP contribution in [0.1, 0.15) is 18.7 Å². The molecule has 0 spiro atoms. The van der Waals surface area contributed by atoms with Gasteiger partial charge < -0.3 is 19.7 Å². The summed E-state index contributed by atoms with van der Waals surface area (Å²) in [6, 6.07) is 9.24. The van der Waals surface area contributed by atoms with Gasteiger partial charge in [-0.2, -0.15) is 4.52 Å². The van der Waals surface area contributed by atoms with Crippen molar-refractivity contribution in [3.05, 3.63) is 36.2 Å². The van der Waals surface area contributed by atoms with E-state index >= 15 is 0 Å². The smallest absolute Gasteiger partial charge is 0.227 e. The van der Waals surface area contributed by atoms with Crippen LogP contribution >= 0.6 is 0 Å². The van der Waals surface area contributed by atoms with Crippen molar-refractivity contribution in [2.75, 3.05) is 37.5 Å². The molecule has 1 saturated heterocycles. The normalized spacial score (nSPS) is 14.8. The summed E-state index contributed by atoms with van der Waals surface area (Å²) < 4.78 is 12.3. The van der Waals surface area contributed by atoms with Crippen molar-refractivity contribution in [3.8, 4) is 11.5 Å². The van der Waals surface area contributed by atoms with Crippen LogP contribution in [0.15, 0.2) is 30.3 Å². The summed E-state index contributed by atoms with van der Waals surface area (Å²) in [5, 5.41) is 15.7. The average Bonchev–Trinajstić information content (AvgIpc) is 3.14. The summed E-state index contributed by atoms with van der Waals surface area (Å²) in [6.45, 7) is 3.41. The third kappa shape index (κ3) is 3.80. The van der Waals surface area contributed by atoms with E-state index in [1.807, 2.05) is 25.1 Å². The number of methoxy groups -OCH3 is 2. The van der Waals surface area contributed by atoms with E-state index in [0.29, 0.717) is 17.2 Å². The maximum Gasteiger partial charge on any atom is 0.227 e. The molecule has 0 saturated carbocycles. The molecule has 0 aliphatic carbocycles. The minimum absolute atomic E-state index is 0.0231. The molecule has 9 nitrogen and oxygen atoms in total. The van der Waals surface area contributed by atoms with E-state index in [4.69, 9.17) is 9.47 Å². The molecule has 1 fully saturated rings. The van der Waals surface area contributed by atoms with Gasteiger partial charge in [-0.3, -0.25) is 4.79 Å². The van der Waals surface area contributed by atoms with Crippen LogP contribution in [0, 0.1) is 12.8 Å². The lowest BCUT2D eigenvalue weighted by Gasteiger charge is -2.32. The first kappa shape index (κ1) is 19.0. The van der Waals surface area contributed by atoms with Gasteiger partial charge in [-0.25, -0.2) is 0 Å². The molecular weight excluding hydrogens is 372 g/mol. The van der Waals surface area contributed by atoms with E-state index < -0.39 is 0 Å². The average molecular weight is 396 g/mol. The van der Waals surface area contributed by atoms with Crippen LogP contribution < -0.4 is 19.7 Å². The van der Waals surface area contributed by atoms with Crippen LogP contribution in [0.25, 0.3) is 5.65 Å². The first-order valence-electron chi connectivity index (χ1n) is 9.56. The fraction of sp³-hybridized carbons (Fsp3) is 0.400. The Morgan fingerprint density at radius 1 is 1.07 bits per heavy atom. The quantitative estimate of drug-likeness (QED) is 0.707. The molecule has 0 radical (unpaired) electrons. The number of ether oxygens (including phenoxy) is 2. The highest BCUT2D eigenvalue weighted by molar-refractivity contribution is 5.93. The van der Waals surface area contributed by atoms with Crippen molar-refractivity contribution in [2.45, 2.75) is 19.8 Å². The number of rotatable bonds is 5. The Bertz CT molecular complexity index is 1030. The third-order valence-corrected chi connectivity index (χ3v) is 5.25. The molecular formula is C20H24N6O3. The van der Waals surface area contributed by atoms with E-state index in [1.54, 1.807) is 30.9 Å². The fourth-order valence-electron chi connectivity index (χ4n) is 3.58. The number of amides is 1. The number of hydrogen-bond donors (Lipinski definition) is 1. The molecule has 1 aliphatic heterocycles. The monoisotopic (exact) mass is 396 g/mol. The molecule has 0 bridgehead atoms. The summed E-state index contributed by atoms with van der Waals surface area (Å²) in [7, 11) is 3.16. The number of carbonyl (C=O) groups is 1. The molecule has 3 aromatic rings. The molecule has 9 heteroatoms. The number of aryl methyl sites for hydroxylation is 1. The minimum atomic E-state index is -0.0419. The Hall–Kier alpha value is -3.36. The molecule has 1 amide bonds. The van der Waals surface area contributed by atoms with Crippen molar-refractivity contribution in [1.82, 2.24) is 19.8 Å². The number of aromatic nitrogens is 4. The Balaban J connectivity index is 1.38. The topological polar surface area (TPSA) is 93.9 Å². The SMILES string of the molecule is COc1ccc(NC(=O)C2CCN(c3ccc4nnc(C)n4n3)CC2)cc1OC. The van der Waals surface area contributed by atoms with Crippen molar-refractivity contribution in [3.63, 3.8) is 0 Å². The van der Waals surface area contributed by atoms with Gasteiger partial charge >= 0.3 is 0 Å². The molecule has 3 heterocycles. The van der Waals surface area contributed by atoms with Gasteiger partial charge in [0.05, 0.1) is 14.2 Å². The Morgan fingerprint density at radius 3 is 2.55 bits per heavy atom. The zero-order valence-electron chi connectivity index (χ0n) is 16.8. The fourth-order valence-corrected chi connectivity index (χ4v) is 3.58. The van der Waals surface area contributed by atoms with E-state index in [-0.39, 0.29) is 11.8 Å². The maximum atomic E-state index is 12.7.